The maximum Gasteiger partial charge on any atom is 0.309 e. The Bertz CT molecular complexity index is 1440. The number of aromatic amines is 1. The Balaban J connectivity index is 1.38. The highest BCUT2D eigenvalue weighted by atomic mass is 16.5. The maximum atomic E-state index is 13.4. The Hall–Kier alpha value is -4.65. The molecule has 0 saturated carbocycles. The van der Waals surface area contributed by atoms with Crippen molar-refractivity contribution in [1.82, 2.24) is 9.97 Å². The van der Waals surface area contributed by atoms with Gasteiger partial charge in [-0.2, -0.15) is 10.2 Å². The second-order valence-electron chi connectivity index (χ2n) is 9.58. The van der Waals surface area contributed by atoms with Gasteiger partial charge in [-0.3, -0.25) is 19.4 Å². The number of carbonyl (C=O) groups is 2. The van der Waals surface area contributed by atoms with Crippen LogP contribution in [0.3, 0.4) is 0 Å². The van der Waals surface area contributed by atoms with Gasteiger partial charge in [-0.1, -0.05) is 42.5 Å². The number of nitriles is 1. The molecule has 3 heterocycles. The number of anilines is 2. The van der Waals surface area contributed by atoms with Crippen LogP contribution in [0.1, 0.15) is 42.4 Å². The number of nitrogens with zero attached hydrogens (tertiary/aromatic N) is 3. The van der Waals surface area contributed by atoms with Gasteiger partial charge in [-0.15, -0.1) is 0 Å². The predicted octanol–water partition coefficient (Wildman–Crippen LogP) is 3.35. The molecule has 1 fully saturated rings. The number of benzene rings is 2. The van der Waals surface area contributed by atoms with E-state index in [0.717, 1.165) is 5.56 Å². The first-order valence-corrected chi connectivity index (χ1v) is 13.0. The van der Waals surface area contributed by atoms with Crippen LogP contribution in [-0.2, 0) is 20.9 Å². The molecule has 0 aliphatic carbocycles. The number of amides is 1. The molecule has 2 aliphatic heterocycles. The summed E-state index contributed by atoms with van der Waals surface area (Å²) in [5.74, 6) is -1.70. The fraction of sp³-hybridized carbons (Fsp3) is 0.345. The summed E-state index contributed by atoms with van der Waals surface area (Å²) < 4.78 is 11.0. The first kappa shape index (κ1) is 26.0. The minimum absolute atomic E-state index is 0.146. The van der Waals surface area contributed by atoms with E-state index in [0.29, 0.717) is 56.4 Å². The maximum absolute atomic E-state index is 13.4. The molecule has 2 unspecified atom stereocenters. The number of aromatic nitrogens is 2. The quantitative estimate of drug-likeness (QED) is 0.446. The van der Waals surface area contributed by atoms with Gasteiger partial charge in [-0.05, 0) is 43.0 Å². The Morgan fingerprint density at radius 3 is 2.49 bits per heavy atom. The molecule has 2 atom stereocenters. The average Bonchev–Trinajstić information content (AvgIpc) is 2.96. The Morgan fingerprint density at radius 1 is 1.10 bits per heavy atom. The largest absolute Gasteiger partial charge is 0.489 e. The number of rotatable bonds is 7. The van der Waals surface area contributed by atoms with Gasteiger partial charge in [0.25, 0.3) is 5.56 Å². The topological polar surface area (TPSA) is 137 Å². The number of fused-ring (bicyclic) bond motifs is 1. The van der Waals surface area contributed by atoms with E-state index in [1.807, 2.05) is 35.2 Å². The first-order chi connectivity index (χ1) is 19.0. The molecule has 5 rings (SSSR count). The Labute approximate surface area is 225 Å². The molecule has 2 aliphatic rings. The molecule has 1 amide bonds. The zero-order valence-corrected chi connectivity index (χ0v) is 21.6. The van der Waals surface area contributed by atoms with Gasteiger partial charge in [0.1, 0.15) is 24.1 Å². The van der Waals surface area contributed by atoms with E-state index in [4.69, 9.17) is 9.47 Å². The number of nitrogens with one attached hydrogen (secondary N) is 2. The van der Waals surface area contributed by atoms with Gasteiger partial charge >= 0.3 is 5.97 Å². The molecule has 200 valence electrons. The zero-order chi connectivity index (χ0) is 27.4. The summed E-state index contributed by atoms with van der Waals surface area (Å²) in [5.41, 5.74) is 1.49. The molecule has 3 aromatic rings. The van der Waals surface area contributed by atoms with Crippen LogP contribution >= 0.6 is 0 Å². The van der Waals surface area contributed by atoms with Gasteiger partial charge in [0, 0.05) is 19.0 Å². The summed E-state index contributed by atoms with van der Waals surface area (Å²) in [6, 6.07) is 18.9. The van der Waals surface area contributed by atoms with Crippen LogP contribution in [-0.4, -0.2) is 41.5 Å². The molecule has 39 heavy (non-hydrogen) atoms. The van der Waals surface area contributed by atoms with Crippen molar-refractivity contribution < 1.29 is 19.1 Å². The van der Waals surface area contributed by atoms with Crippen molar-refractivity contribution in [3.8, 4) is 11.8 Å². The van der Waals surface area contributed by atoms with Crippen molar-refractivity contribution in [2.75, 3.05) is 29.9 Å². The van der Waals surface area contributed by atoms with Crippen molar-refractivity contribution in [3.63, 3.8) is 0 Å². The average molecular weight is 528 g/mol. The lowest BCUT2D eigenvalue weighted by Gasteiger charge is -2.33. The van der Waals surface area contributed by atoms with E-state index in [1.54, 1.807) is 31.2 Å². The molecule has 1 saturated heterocycles. The number of hydrogen-bond acceptors (Lipinski definition) is 8. The normalized spacial score (nSPS) is 19.0. The van der Waals surface area contributed by atoms with E-state index in [-0.39, 0.29) is 23.3 Å². The molecule has 0 spiro atoms. The first-order valence-electron chi connectivity index (χ1n) is 13.0. The van der Waals surface area contributed by atoms with Crippen LogP contribution in [0, 0.1) is 23.2 Å². The van der Waals surface area contributed by atoms with Gasteiger partial charge in [0.2, 0.25) is 11.9 Å². The van der Waals surface area contributed by atoms with Crippen molar-refractivity contribution in [3.05, 3.63) is 81.6 Å². The van der Waals surface area contributed by atoms with Crippen LogP contribution in [0.25, 0.3) is 0 Å². The summed E-state index contributed by atoms with van der Waals surface area (Å²) >= 11 is 0. The lowest BCUT2D eigenvalue weighted by atomic mass is 9.79. The third kappa shape index (κ3) is 5.48. The van der Waals surface area contributed by atoms with Crippen molar-refractivity contribution in [2.24, 2.45) is 11.8 Å². The van der Waals surface area contributed by atoms with Crippen molar-refractivity contribution >= 4 is 23.6 Å². The highest BCUT2D eigenvalue weighted by Gasteiger charge is 2.40. The van der Waals surface area contributed by atoms with E-state index < -0.39 is 23.3 Å². The zero-order valence-electron chi connectivity index (χ0n) is 21.6. The monoisotopic (exact) mass is 527 g/mol. The number of esters is 1. The fourth-order valence-corrected chi connectivity index (χ4v) is 5.11. The van der Waals surface area contributed by atoms with Gasteiger partial charge in [0.05, 0.1) is 24.2 Å². The van der Waals surface area contributed by atoms with E-state index in [9.17, 15) is 19.6 Å². The van der Waals surface area contributed by atoms with Crippen molar-refractivity contribution in [1.29, 1.82) is 5.26 Å². The molecular weight excluding hydrogens is 498 g/mol. The molecule has 0 bridgehead atoms. The van der Waals surface area contributed by atoms with Crippen molar-refractivity contribution in [2.45, 2.75) is 32.3 Å². The minimum Gasteiger partial charge on any atom is -0.489 e. The summed E-state index contributed by atoms with van der Waals surface area (Å²) in [7, 11) is 0. The number of carbonyl (C=O) groups excluding carboxylic acids is 2. The molecular formula is C29H29N5O5. The molecule has 1 aromatic heterocycles. The van der Waals surface area contributed by atoms with Crippen LogP contribution < -0.4 is 20.5 Å². The number of hydrogen-bond donors (Lipinski definition) is 2. The van der Waals surface area contributed by atoms with E-state index in [2.05, 4.69) is 21.4 Å². The van der Waals surface area contributed by atoms with Gasteiger partial charge in [-0.25, -0.2) is 0 Å². The molecule has 10 nitrogen and oxygen atoms in total. The highest BCUT2D eigenvalue weighted by Crippen LogP contribution is 2.39. The van der Waals surface area contributed by atoms with E-state index in [1.165, 1.54) is 0 Å². The molecule has 10 heteroatoms. The summed E-state index contributed by atoms with van der Waals surface area (Å²) in [6.07, 6.45) is 1.15. The third-order valence-corrected chi connectivity index (χ3v) is 7.15. The van der Waals surface area contributed by atoms with Gasteiger partial charge < -0.3 is 19.7 Å². The lowest BCUT2D eigenvalue weighted by Crippen LogP contribution is -2.41. The number of piperidine rings is 1. The van der Waals surface area contributed by atoms with E-state index >= 15 is 0 Å². The number of H-pyrrole nitrogens is 1. The van der Waals surface area contributed by atoms with Gasteiger partial charge in [0.15, 0.2) is 0 Å². The predicted molar refractivity (Wildman–Crippen MR) is 143 cm³/mol. The summed E-state index contributed by atoms with van der Waals surface area (Å²) in [6.45, 7) is 3.54. The van der Waals surface area contributed by atoms with Crippen LogP contribution in [0.5, 0.6) is 5.75 Å². The second-order valence-corrected chi connectivity index (χ2v) is 9.58. The highest BCUT2D eigenvalue weighted by molar-refractivity contribution is 5.98. The summed E-state index contributed by atoms with van der Waals surface area (Å²) in [4.78, 5) is 47.7. The molecule has 0 radical (unpaired) electrons. The van der Waals surface area contributed by atoms with Crippen LogP contribution in [0.2, 0.25) is 0 Å². The minimum atomic E-state index is -1.09. The van der Waals surface area contributed by atoms with Crippen LogP contribution in [0.4, 0.5) is 11.8 Å². The SMILES string of the molecule is CCOC(=O)C1CCN(c2nc3c(c(=O)[nH]2)C(c2ccc(OCc4ccccc4)cc2)C(C#N)C(=O)N3)CC1. The lowest BCUT2D eigenvalue weighted by molar-refractivity contribution is -0.148. The smallest absolute Gasteiger partial charge is 0.309 e. The second kappa shape index (κ2) is 11.4. The molecule has 2 aromatic carbocycles. The fourth-order valence-electron chi connectivity index (χ4n) is 5.11. The molecule has 2 N–H and O–H groups in total. The third-order valence-electron chi connectivity index (χ3n) is 7.15. The Kier molecular flexibility index (Phi) is 7.59. The number of ether oxygens (including phenoxy) is 2. The standard InChI is InChI=1S/C29H29N5O5/c1-2-38-28(37)20-12-14-34(15-13-20)29-32-25-24(27(36)33-29)23(22(16-30)26(35)31-25)19-8-10-21(11-9-19)39-17-18-6-4-3-5-7-18/h3-11,20,22-23H,2,12-15,17H2,1H3,(H2,31,32,33,35,36). The van der Waals surface area contributed by atoms with Crippen LogP contribution in [0.15, 0.2) is 59.4 Å². The Morgan fingerprint density at radius 2 is 1.82 bits per heavy atom. The summed E-state index contributed by atoms with van der Waals surface area (Å²) in [5, 5.41) is 12.5.